The lowest BCUT2D eigenvalue weighted by Gasteiger charge is -2.25. The normalized spacial score (nSPS) is 22.9. The highest BCUT2D eigenvalue weighted by atomic mass is 16.6. The minimum absolute atomic E-state index is 0.0734. The Morgan fingerprint density at radius 2 is 2.36 bits per heavy atom. The summed E-state index contributed by atoms with van der Waals surface area (Å²) in [5.74, 6) is 0.728. The molecule has 1 spiro atoms. The van der Waals surface area contributed by atoms with Crippen LogP contribution < -0.4 is 15.4 Å². The molecule has 2 aliphatic rings. The summed E-state index contributed by atoms with van der Waals surface area (Å²) in [7, 11) is 0. The molecule has 2 N–H and O–H groups in total. The van der Waals surface area contributed by atoms with Gasteiger partial charge in [0.25, 0.3) is 0 Å². The molecule has 3 heterocycles. The molecule has 1 aromatic heterocycles. The number of ether oxygens (including phenoxy) is 2. The highest BCUT2D eigenvalue weighted by molar-refractivity contribution is 5.74. The van der Waals surface area contributed by atoms with Gasteiger partial charge in [-0.1, -0.05) is 0 Å². The van der Waals surface area contributed by atoms with Gasteiger partial charge in [-0.2, -0.15) is 0 Å². The lowest BCUT2D eigenvalue weighted by Crippen LogP contribution is -2.42. The predicted molar refractivity (Wildman–Crippen MR) is 90.4 cm³/mol. The summed E-state index contributed by atoms with van der Waals surface area (Å²) in [5.41, 5.74) is -0.441. The Balaban J connectivity index is 1.35. The van der Waals surface area contributed by atoms with Crippen LogP contribution in [0.1, 0.15) is 25.7 Å². The smallest absolute Gasteiger partial charge is 0.407 e. The van der Waals surface area contributed by atoms with E-state index in [2.05, 4.69) is 15.6 Å². The van der Waals surface area contributed by atoms with E-state index in [0.29, 0.717) is 39.2 Å². The van der Waals surface area contributed by atoms with E-state index in [9.17, 15) is 9.59 Å². The summed E-state index contributed by atoms with van der Waals surface area (Å²) in [6, 6.07) is 3.60. The van der Waals surface area contributed by atoms with Gasteiger partial charge < -0.3 is 25.0 Å². The molecule has 8 heteroatoms. The van der Waals surface area contributed by atoms with Gasteiger partial charge in [-0.15, -0.1) is 0 Å². The molecule has 3 amide bonds. The highest BCUT2D eigenvalue weighted by Gasteiger charge is 2.41. The lowest BCUT2D eigenvalue weighted by atomic mass is 9.95. The van der Waals surface area contributed by atoms with E-state index in [1.54, 1.807) is 17.3 Å². The highest BCUT2D eigenvalue weighted by Crippen LogP contribution is 2.29. The molecule has 0 radical (unpaired) electrons. The van der Waals surface area contributed by atoms with Gasteiger partial charge in [0.15, 0.2) is 0 Å². The number of urea groups is 1. The van der Waals surface area contributed by atoms with Gasteiger partial charge in [-0.25, -0.2) is 9.59 Å². The number of carbonyl (C=O) groups is 2. The van der Waals surface area contributed by atoms with Crippen molar-refractivity contribution in [2.45, 2.75) is 31.3 Å². The van der Waals surface area contributed by atoms with Crippen molar-refractivity contribution in [3.8, 4) is 5.75 Å². The first-order chi connectivity index (χ1) is 12.2. The summed E-state index contributed by atoms with van der Waals surface area (Å²) in [5, 5.41) is 5.64. The van der Waals surface area contributed by atoms with Crippen molar-refractivity contribution in [1.82, 2.24) is 20.5 Å². The molecule has 0 aliphatic carbocycles. The fourth-order valence-electron chi connectivity index (χ4n) is 3.15. The number of aromatic nitrogens is 1. The number of carbonyl (C=O) groups excluding carboxylic acids is 2. The van der Waals surface area contributed by atoms with E-state index in [0.717, 1.165) is 25.0 Å². The van der Waals surface area contributed by atoms with Crippen molar-refractivity contribution in [3.63, 3.8) is 0 Å². The standard InChI is InChI=1S/C17H24N4O4/c22-15(19-8-3-11-24-14-4-1-7-18-12-14)21-9-2-5-17(6-10-21)13-20-16(23)25-17/h1,4,7,12H,2-3,5-6,8-11,13H2,(H,19,22)(H,20,23)/t17-/m1/s1. The van der Waals surface area contributed by atoms with E-state index in [-0.39, 0.29) is 12.1 Å². The van der Waals surface area contributed by atoms with Crippen LogP contribution in [0.5, 0.6) is 5.75 Å². The second kappa shape index (κ2) is 8.04. The van der Waals surface area contributed by atoms with Crippen LogP contribution >= 0.6 is 0 Å². The van der Waals surface area contributed by atoms with Gasteiger partial charge >= 0.3 is 12.1 Å². The summed E-state index contributed by atoms with van der Waals surface area (Å²) < 4.78 is 11.0. The second-order valence-electron chi connectivity index (χ2n) is 6.39. The molecular formula is C17H24N4O4. The van der Waals surface area contributed by atoms with Gasteiger partial charge in [0.2, 0.25) is 0 Å². The molecule has 2 fully saturated rings. The summed E-state index contributed by atoms with van der Waals surface area (Å²) in [6.07, 6.45) is 6.01. The molecular weight excluding hydrogens is 324 g/mol. The third-order valence-electron chi connectivity index (χ3n) is 4.55. The van der Waals surface area contributed by atoms with Crippen molar-refractivity contribution in [3.05, 3.63) is 24.5 Å². The van der Waals surface area contributed by atoms with Crippen LogP contribution in [0, 0.1) is 0 Å². The van der Waals surface area contributed by atoms with Gasteiger partial charge in [0.1, 0.15) is 11.4 Å². The van der Waals surface area contributed by atoms with Crippen LogP contribution in [-0.2, 0) is 4.74 Å². The van der Waals surface area contributed by atoms with Crippen molar-refractivity contribution >= 4 is 12.1 Å². The third kappa shape index (κ3) is 4.74. The fourth-order valence-corrected chi connectivity index (χ4v) is 3.15. The van der Waals surface area contributed by atoms with E-state index in [1.165, 1.54) is 0 Å². The average molecular weight is 348 g/mol. The van der Waals surface area contributed by atoms with Crippen LogP contribution in [0.15, 0.2) is 24.5 Å². The monoisotopic (exact) mass is 348 g/mol. The van der Waals surface area contributed by atoms with Gasteiger partial charge in [-0.3, -0.25) is 4.98 Å². The Bertz CT molecular complexity index is 598. The van der Waals surface area contributed by atoms with Crippen LogP contribution in [0.3, 0.4) is 0 Å². The molecule has 2 saturated heterocycles. The number of amides is 3. The Hall–Kier alpha value is -2.51. The Morgan fingerprint density at radius 1 is 1.44 bits per heavy atom. The van der Waals surface area contributed by atoms with E-state index < -0.39 is 5.60 Å². The Morgan fingerprint density at radius 3 is 3.12 bits per heavy atom. The van der Waals surface area contributed by atoms with E-state index in [1.807, 2.05) is 12.1 Å². The number of likely N-dealkylation sites (tertiary alicyclic amines) is 1. The molecule has 0 aromatic carbocycles. The van der Waals surface area contributed by atoms with Crippen LogP contribution in [-0.4, -0.2) is 60.4 Å². The number of hydrogen-bond acceptors (Lipinski definition) is 5. The fraction of sp³-hybridized carbons (Fsp3) is 0.588. The average Bonchev–Trinajstić information content (AvgIpc) is 2.86. The van der Waals surface area contributed by atoms with E-state index in [4.69, 9.17) is 9.47 Å². The van der Waals surface area contributed by atoms with E-state index >= 15 is 0 Å². The van der Waals surface area contributed by atoms with Gasteiger partial charge in [0.05, 0.1) is 19.3 Å². The molecule has 3 rings (SSSR count). The maximum atomic E-state index is 12.3. The van der Waals surface area contributed by atoms with Crippen LogP contribution in [0.2, 0.25) is 0 Å². The van der Waals surface area contributed by atoms with Crippen molar-refractivity contribution in [2.75, 3.05) is 32.8 Å². The predicted octanol–water partition coefficient (Wildman–Crippen LogP) is 1.52. The van der Waals surface area contributed by atoms with Crippen LogP contribution in [0.25, 0.3) is 0 Å². The first-order valence-electron chi connectivity index (χ1n) is 8.69. The summed E-state index contributed by atoms with van der Waals surface area (Å²) in [6.45, 7) is 2.88. The molecule has 1 atom stereocenters. The SMILES string of the molecule is O=C1NC[C@]2(CCCN(C(=O)NCCCOc3cccnc3)CC2)O1. The molecule has 1 aromatic rings. The zero-order valence-electron chi connectivity index (χ0n) is 14.2. The number of nitrogens with one attached hydrogen (secondary N) is 2. The lowest BCUT2D eigenvalue weighted by molar-refractivity contribution is 0.0453. The van der Waals surface area contributed by atoms with Crippen molar-refractivity contribution in [2.24, 2.45) is 0 Å². The molecule has 0 unspecified atom stereocenters. The number of alkyl carbamates (subject to hydrolysis) is 1. The maximum Gasteiger partial charge on any atom is 0.407 e. The molecule has 136 valence electrons. The number of pyridine rings is 1. The largest absolute Gasteiger partial charge is 0.492 e. The zero-order valence-corrected chi connectivity index (χ0v) is 14.2. The molecule has 25 heavy (non-hydrogen) atoms. The first kappa shape index (κ1) is 17.3. The summed E-state index contributed by atoms with van der Waals surface area (Å²) in [4.78, 5) is 29.4. The quantitative estimate of drug-likeness (QED) is 0.787. The summed E-state index contributed by atoms with van der Waals surface area (Å²) >= 11 is 0. The molecule has 0 saturated carbocycles. The van der Waals surface area contributed by atoms with Gasteiger partial charge in [-0.05, 0) is 31.4 Å². The minimum atomic E-state index is -0.441. The topological polar surface area (TPSA) is 92.8 Å². The second-order valence-corrected chi connectivity index (χ2v) is 6.39. The number of hydrogen-bond donors (Lipinski definition) is 2. The number of nitrogens with zero attached hydrogens (tertiary/aromatic N) is 2. The Kier molecular flexibility index (Phi) is 5.57. The molecule has 0 bridgehead atoms. The number of rotatable bonds is 5. The molecule has 2 aliphatic heterocycles. The van der Waals surface area contributed by atoms with Crippen molar-refractivity contribution in [1.29, 1.82) is 0 Å². The molecule has 8 nitrogen and oxygen atoms in total. The third-order valence-corrected chi connectivity index (χ3v) is 4.55. The maximum absolute atomic E-state index is 12.3. The van der Waals surface area contributed by atoms with Gasteiger partial charge in [0, 0.05) is 32.3 Å². The van der Waals surface area contributed by atoms with Crippen molar-refractivity contribution < 1.29 is 19.1 Å². The minimum Gasteiger partial charge on any atom is -0.492 e. The Labute approximate surface area is 146 Å². The first-order valence-corrected chi connectivity index (χ1v) is 8.69. The van der Waals surface area contributed by atoms with Crippen LogP contribution in [0.4, 0.5) is 9.59 Å². The zero-order chi connectivity index (χ0) is 17.5.